The molecule has 0 saturated carbocycles. The lowest BCUT2D eigenvalue weighted by Crippen LogP contribution is -2.46. The van der Waals surface area contributed by atoms with E-state index >= 15 is 0 Å². The molecule has 1 aliphatic heterocycles. The Kier molecular flexibility index (Phi) is 3.71. The second-order valence-electron chi connectivity index (χ2n) is 4.66. The van der Waals surface area contributed by atoms with Crippen LogP contribution in [0.4, 0.5) is 19.6 Å². The number of piperazine rings is 1. The molecule has 0 amide bonds. The van der Waals surface area contributed by atoms with Gasteiger partial charge in [0.15, 0.2) is 16.8 Å². The third-order valence-corrected chi connectivity index (χ3v) is 4.32. The normalized spacial score (nSPS) is 15.1. The van der Waals surface area contributed by atoms with Gasteiger partial charge in [-0.1, -0.05) is 0 Å². The molecule has 21 heavy (non-hydrogen) atoms. The molecule has 0 spiro atoms. The lowest BCUT2D eigenvalue weighted by molar-refractivity contribution is 0.501. The zero-order valence-corrected chi connectivity index (χ0v) is 11.9. The van der Waals surface area contributed by atoms with Gasteiger partial charge in [0.1, 0.15) is 6.07 Å². The highest BCUT2D eigenvalue weighted by atomic mass is 32.1. The highest BCUT2D eigenvalue weighted by Crippen LogP contribution is 2.26. The minimum atomic E-state index is -1.07. The van der Waals surface area contributed by atoms with Gasteiger partial charge in [-0.25, -0.2) is 13.8 Å². The van der Waals surface area contributed by atoms with Crippen molar-refractivity contribution in [3.8, 4) is 6.07 Å². The van der Waals surface area contributed by atoms with E-state index in [0.29, 0.717) is 26.2 Å². The lowest BCUT2D eigenvalue weighted by atomic mass is 10.1. The maximum atomic E-state index is 14.0. The first-order chi connectivity index (χ1) is 10.2. The molecule has 108 valence electrons. The van der Waals surface area contributed by atoms with Crippen LogP contribution in [0.1, 0.15) is 5.56 Å². The quantitative estimate of drug-likeness (QED) is 0.855. The van der Waals surface area contributed by atoms with Crippen LogP contribution in [0.15, 0.2) is 23.7 Å². The predicted octanol–water partition coefficient (Wildman–Crippen LogP) is 2.62. The van der Waals surface area contributed by atoms with E-state index in [0.717, 1.165) is 5.13 Å². The summed E-state index contributed by atoms with van der Waals surface area (Å²) in [4.78, 5) is 8.17. The van der Waals surface area contributed by atoms with Gasteiger partial charge in [0, 0.05) is 37.8 Å². The molecular weight excluding hydrogens is 294 g/mol. The Morgan fingerprint density at radius 2 is 1.81 bits per heavy atom. The van der Waals surface area contributed by atoms with E-state index in [-0.39, 0.29) is 11.3 Å². The van der Waals surface area contributed by atoms with Crippen LogP contribution in [0.2, 0.25) is 0 Å². The Labute approximate surface area is 124 Å². The molecule has 0 unspecified atom stereocenters. The zero-order valence-electron chi connectivity index (χ0n) is 11.1. The van der Waals surface area contributed by atoms with Gasteiger partial charge in [0.05, 0.1) is 11.3 Å². The maximum Gasteiger partial charge on any atom is 0.185 e. The number of anilines is 2. The van der Waals surface area contributed by atoms with Crippen molar-refractivity contribution in [2.45, 2.75) is 0 Å². The van der Waals surface area contributed by atoms with Crippen LogP contribution in [0.5, 0.6) is 0 Å². The third-order valence-electron chi connectivity index (χ3n) is 3.49. The Morgan fingerprint density at radius 1 is 1.10 bits per heavy atom. The van der Waals surface area contributed by atoms with Gasteiger partial charge in [0.2, 0.25) is 0 Å². The molecule has 1 fully saturated rings. The van der Waals surface area contributed by atoms with Gasteiger partial charge in [-0.2, -0.15) is 5.26 Å². The van der Waals surface area contributed by atoms with Crippen LogP contribution in [-0.2, 0) is 0 Å². The molecule has 2 aromatic rings. The molecule has 7 heteroatoms. The molecule has 0 atom stereocenters. The Morgan fingerprint density at radius 3 is 2.43 bits per heavy atom. The van der Waals surface area contributed by atoms with Crippen molar-refractivity contribution >= 4 is 22.2 Å². The Balaban J connectivity index is 1.76. The maximum absolute atomic E-state index is 14.0. The molecule has 4 nitrogen and oxygen atoms in total. The first-order valence-corrected chi connectivity index (χ1v) is 7.36. The first kappa shape index (κ1) is 13.8. The van der Waals surface area contributed by atoms with E-state index in [1.54, 1.807) is 28.5 Å². The van der Waals surface area contributed by atoms with Crippen molar-refractivity contribution in [1.82, 2.24) is 4.98 Å². The summed E-state index contributed by atoms with van der Waals surface area (Å²) in [5.41, 5.74) is -0.0528. The fourth-order valence-electron chi connectivity index (χ4n) is 2.38. The molecule has 1 saturated heterocycles. The van der Waals surface area contributed by atoms with Crippen LogP contribution in [0.3, 0.4) is 0 Å². The Hall–Kier alpha value is -2.20. The van der Waals surface area contributed by atoms with Gasteiger partial charge >= 0.3 is 0 Å². The van der Waals surface area contributed by atoms with Crippen molar-refractivity contribution in [3.63, 3.8) is 0 Å². The summed E-state index contributed by atoms with van der Waals surface area (Å²) >= 11 is 1.56. The van der Waals surface area contributed by atoms with E-state index in [4.69, 9.17) is 5.26 Å². The molecule has 0 aliphatic carbocycles. The number of nitrogens with zero attached hydrogens (tertiary/aromatic N) is 4. The van der Waals surface area contributed by atoms with E-state index < -0.39 is 11.6 Å². The van der Waals surface area contributed by atoms with Gasteiger partial charge in [-0.3, -0.25) is 0 Å². The van der Waals surface area contributed by atoms with E-state index in [9.17, 15) is 8.78 Å². The van der Waals surface area contributed by atoms with Crippen LogP contribution in [0, 0.1) is 23.0 Å². The average Bonchev–Trinajstić information content (AvgIpc) is 3.05. The van der Waals surface area contributed by atoms with Crippen molar-refractivity contribution in [3.05, 3.63) is 40.9 Å². The summed E-state index contributed by atoms with van der Waals surface area (Å²) in [6, 6.07) is 4.43. The fraction of sp³-hybridized carbons (Fsp3) is 0.286. The van der Waals surface area contributed by atoms with Crippen molar-refractivity contribution in [1.29, 1.82) is 5.26 Å². The molecule has 2 heterocycles. The number of nitriles is 1. The highest BCUT2D eigenvalue weighted by molar-refractivity contribution is 7.13. The minimum absolute atomic E-state index is 0.213. The number of hydrogen-bond donors (Lipinski definition) is 0. The molecule has 0 bridgehead atoms. The lowest BCUT2D eigenvalue weighted by Gasteiger charge is -2.36. The Bertz CT molecular complexity index is 673. The van der Waals surface area contributed by atoms with E-state index in [1.807, 2.05) is 5.38 Å². The molecule has 0 N–H and O–H groups in total. The smallest absolute Gasteiger partial charge is 0.185 e. The zero-order chi connectivity index (χ0) is 14.8. The van der Waals surface area contributed by atoms with E-state index in [2.05, 4.69) is 9.88 Å². The van der Waals surface area contributed by atoms with Gasteiger partial charge in [-0.15, -0.1) is 11.3 Å². The van der Waals surface area contributed by atoms with Crippen molar-refractivity contribution in [2.75, 3.05) is 36.0 Å². The van der Waals surface area contributed by atoms with Gasteiger partial charge < -0.3 is 9.80 Å². The largest absolute Gasteiger partial charge is 0.366 e. The molecule has 0 radical (unpaired) electrons. The molecular formula is C14H12F2N4S. The summed E-state index contributed by atoms with van der Waals surface area (Å²) in [7, 11) is 0. The number of aromatic nitrogens is 1. The standard InChI is InChI=1S/C14H12F2N4S/c15-12-10(9-17)1-2-11(13(12)16)19-4-6-20(7-5-19)14-18-3-8-21-14/h1-3,8H,4-7H2. The number of benzene rings is 1. The molecule has 1 aromatic heterocycles. The van der Waals surface area contributed by atoms with Crippen LogP contribution in [0.25, 0.3) is 0 Å². The summed E-state index contributed by atoms with van der Waals surface area (Å²) in [5.74, 6) is -2.02. The second kappa shape index (κ2) is 5.66. The molecule has 1 aliphatic rings. The van der Waals surface area contributed by atoms with Crippen molar-refractivity contribution < 1.29 is 8.78 Å². The van der Waals surface area contributed by atoms with E-state index in [1.165, 1.54) is 12.1 Å². The fourth-order valence-corrected chi connectivity index (χ4v) is 3.08. The van der Waals surface area contributed by atoms with Crippen molar-refractivity contribution in [2.24, 2.45) is 0 Å². The highest BCUT2D eigenvalue weighted by Gasteiger charge is 2.23. The third kappa shape index (κ3) is 2.54. The first-order valence-electron chi connectivity index (χ1n) is 6.48. The van der Waals surface area contributed by atoms with Crippen LogP contribution >= 0.6 is 11.3 Å². The predicted molar refractivity (Wildman–Crippen MR) is 77.6 cm³/mol. The molecule has 1 aromatic carbocycles. The number of halogens is 2. The summed E-state index contributed by atoms with van der Waals surface area (Å²) in [6.07, 6.45) is 1.75. The number of rotatable bonds is 2. The van der Waals surface area contributed by atoms with Crippen LogP contribution in [-0.4, -0.2) is 31.2 Å². The molecule has 3 rings (SSSR count). The number of thiazole rings is 1. The summed E-state index contributed by atoms with van der Waals surface area (Å²) in [6.45, 7) is 2.58. The summed E-state index contributed by atoms with van der Waals surface area (Å²) in [5, 5.41) is 11.6. The average molecular weight is 306 g/mol. The second-order valence-corrected chi connectivity index (χ2v) is 5.53. The topological polar surface area (TPSA) is 43.2 Å². The monoisotopic (exact) mass is 306 g/mol. The van der Waals surface area contributed by atoms with Crippen LogP contribution < -0.4 is 9.80 Å². The SMILES string of the molecule is N#Cc1ccc(N2CCN(c3nccs3)CC2)c(F)c1F. The minimum Gasteiger partial charge on any atom is -0.366 e. The number of hydrogen-bond acceptors (Lipinski definition) is 5. The van der Waals surface area contributed by atoms with Gasteiger partial charge in [0.25, 0.3) is 0 Å². The van der Waals surface area contributed by atoms with Gasteiger partial charge in [-0.05, 0) is 12.1 Å². The summed E-state index contributed by atoms with van der Waals surface area (Å²) < 4.78 is 27.7.